The summed E-state index contributed by atoms with van der Waals surface area (Å²) in [5.41, 5.74) is 7.10. The molecule has 1 aliphatic rings. The molecule has 4 nitrogen and oxygen atoms in total. The van der Waals surface area contributed by atoms with Crippen LogP contribution in [0.1, 0.15) is 31.2 Å². The Morgan fingerprint density at radius 2 is 2.11 bits per heavy atom. The predicted octanol–water partition coefficient (Wildman–Crippen LogP) is 2.18. The minimum Gasteiger partial charge on any atom is -0.392 e. The first-order chi connectivity index (χ1) is 9.11. The third-order valence-electron chi connectivity index (χ3n) is 3.61. The van der Waals surface area contributed by atoms with Crippen LogP contribution in [0.3, 0.4) is 0 Å². The highest BCUT2D eigenvalue weighted by atomic mass is 79.9. The monoisotopic (exact) mass is 326 g/mol. The van der Waals surface area contributed by atoms with E-state index in [4.69, 9.17) is 5.73 Å². The number of amides is 1. The van der Waals surface area contributed by atoms with Gasteiger partial charge in [-0.15, -0.1) is 0 Å². The van der Waals surface area contributed by atoms with Gasteiger partial charge < -0.3 is 15.7 Å². The fourth-order valence-electron chi connectivity index (χ4n) is 2.76. The molecule has 1 saturated carbocycles. The number of anilines is 1. The van der Waals surface area contributed by atoms with Crippen molar-refractivity contribution in [3.8, 4) is 0 Å². The summed E-state index contributed by atoms with van der Waals surface area (Å²) in [6.07, 6.45) is 4.53. The molecule has 0 unspecified atom stereocenters. The Hall–Kier alpha value is -1.07. The van der Waals surface area contributed by atoms with Crippen molar-refractivity contribution >= 4 is 27.5 Å². The van der Waals surface area contributed by atoms with Crippen LogP contribution in [0.15, 0.2) is 22.7 Å². The van der Waals surface area contributed by atoms with Gasteiger partial charge in [-0.05, 0) is 31.0 Å². The normalized spacial score (nSPS) is 15.7. The standard InChI is InChI=1S/C14H19BrN2O2/c15-11-5-6-13(10(7-11)9-18)17(8-14(16)19)12-3-1-2-4-12/h5-7,12,18H,1-4,8-9H2,(H2,16,19). The van der Waals surface area contributed by atoms with Crippen LogP contribution in [0.2, 0.25) is 0 Å². The third-order valence-corrected chi connectivity index (χ3v) is 4.11. The molecule has 5 heteroatoms. The minimum atomic E-state index is -0.335. The Labute approximate surface area is 121 Å². The van der Waals surface area contributed by atoms with E-state index in [1.165, 1.54) is 12.8 Å². The van der Waals surface area contributed by atoms with E-state index >= 15 is 0 Å². The van der Waals surface area contributed by atoms with Crippen molar-refractivity contribution in [1.82, 2.24) is 0 Å². The Bertz CT molecular complexity index is 459. The fourth-order valence-corrected chi connectivity index (χ4v) is 3.16. The average molecular weight is 327 g/mol. The molecule has 1 aromatic rings. The molecule has 3 N–H and O–H groups in total. The van der Waals surface area contributed by atoms with Crippen LogP contribution >= 0.6 is 15.9 Å². The van der Waals surface area contributed by atoms with Crippen LogP contribution in [0.25, 0.3) is 0 Å². The van der Waals surface area contributed by atoms with Gasteiger partial charge in [0.05, 0.1) is 13.2 Å². The number of carbonyl (C=O) groups is 1. The van der Waals surface area contributed by atoms with Gasteiger partial charge in [0.15, 0.2) is 0 Å². The lowest BCUT2D eigenvalue weighted by Crippen LogP contribution is -2.40. The van der Waals surface area contributed by atoms with Crippen molar-refractivity contribution in [3.05, 3.63) is 28.2 Å². The number of halogens is 1. The summed E-state index contributed by atoms with van der Waals surface area (Å²) in [6, 6.07) is 6.10. The maximum absolute atomic E-state index is 11.3. The molecule has 19 heavy (non-hydrogen) atoms. The van der Waals surface area contributed by atoms with E-state index in [0.29, 0.717) is 6.04 Å². The van der Waals surface area contributed by atoms with E-state index in [1.54, 1.807) is 0 Å². The average Bonchev–Trinajstić information content (AvgIpc) is 2.89. The van der Waals surface area contributed by atoms with Crippen molar-refractivity contribution in [1.29, 1.82) is 0 Å². The molecular formula is C14H19BrN2O2. The van der Waals surface area contributed by atoms with E-state index in [0.717, 1.165) is 28.6 Å². The molecule has 1 aliphatic carbocycles. The van der Waals surface area contributed by atoms with Crippen molar-refractivity contribution in [2.75, 3.05) is 11.4 Å². The molecule has 104 valence electrons. The molecule has 2 rings (SSSR count). The number of nitrogens with zero attached hydrogens (tertiary/aromatic N) is 1. The van der Waals surface area contributed by atoms with Crippen LogP contribution in [0.5, 0.6) is 0 Å². The molecule has 0 aliphatic heterocycles. The van der Waals surface area contributed by atoms with E-state index in [2.05, 4.69) is 15.9 Å². The van der Waals surface area contributed by atoms with Gasteiger partial charge in [-0.1, -0.05) is 28.8 Å². The lowest BCUT2D eigenvalue weighted by molar-refractivity contribution is -0.116. The molecule has 0 atom stereocenters. The van der Waals surface area contributed by atoms with Gasteiger partial charge in [-0.25, -0.2) is 0 Å². The molecule has 0 spiro atoms. The Morgan fingerprint density at radius 3 is 2.68 bits per heavy atom. The largest absolute Gasteiger partial charge is 0.392 e. The van der Waals surface area contributed by atoms with Gasteiger partial charge in [-0.3, -0.25) is 4.79 Å². The smallest absolute Gasteiger partial charge is 0.236 e. The van der Waals surface area contributed by atoms with E-state index in [-0.39, 0.29) is 19.1 Å². The summed E-state index contributed by atoms with van der Waals surface area (Å²) in [5, 5.41) is 9.51. The Morgan fingerprint density at radius 1 is 1.42 bits per heavy atom. The van der Waals surface area contributed by atoms with Crippen LogP contribution in [-0.4, -0.2) is 23.6 Å². The highest BCUT2D eigenvalue weighted by molar-refractivity contribution is 9.10. The number of aliphatic hydroxyl groups excluding tert-OH is 1. The Kier molecular flexibility index (Phi) is 4.82. The van der Waals surface area contributed by atoms with E-state index in [9.17, 15) is 9.90 Å². The van der Waals surface area contributed by atoms with Gasteiger partial charge in [0.2, 0.25) is 5.91 Å². The number of benzene rings is 1. The van der Waals surface area contributed by atoms with E-state index < -0.39 is 0 Å². The van der Waals surface area contributed by atoms with E-state index in [1.807, 2.05) is 23.1 Å². The second-order valence-corrected chi connectivity index (χ2v) is 5.88. The summed E-state index contributed by atoms with van der Waals surface area (Å²) in [7, 11) is 0. The molecule has 0 radical (unpaired) electrons. The summed E-state index contributed by atoms with van der Waals surface area (Å²) in [6.45, 7) is 0.163. The van der Waals surface area contributed by atoms with Crippen molar-refractivity contribution < 1.29 is 9.90 Å². The summed E-state index contributed by atoms with van der Waals surface area (Å²) >= 11 is 3.40. The zero-order valence-electron chi connectivity index (χ0n) is 10.8. The molecule has 0 aromatic heterocycles. The number of hydrogen-bond donors (Lipinski definition) is 2. The predicted molar refractivity (Wildman–Crippen MR) is 78.9 cm³/mol. The van der Waals surface area contributed by atoms with Gasteiger partial charge >= 0.3 is 0 Å². The van der Waals surface area contributed by atoms with Crippen LogP contribution < -0.4 is 10.6 Å². The van der Waals surface area contributed by atoms with Crippen LogP contribution in [-0.2, 0) is 11.4 Å². The number of nitrogens with two attached hydrogens (primary N) is 1. The molecule has 0 heterocycles. The number of carbonyl (C=O) groups excluding carboxylic acids is 1. The zero-order chi connectivity index (χ0) is 13.8. The maximum Gasteiger partial charge on any atom is 0.236 e. The summed E-state index contributed by atoms with van der Waals surface area (Å²) < 4.78 is 0.922. The van der Waals surface area contributed by atoms with Crippen LogP contribution in [0, 0.1) is 0 Å². The van der Waals surface area contributed by atoms with Gasteiger partial charge in [-0.2, -0.15) is 0 Å². The molecule has 1 aromatic carbocycles. The van der Waals surface area contributed by atoms with Crippen molar-refractivity contribution in [2.45, 2.75) is 38.3 Å². The number of aliphatic hydroxyl groups is 1. The minimum absolute atomic E-state index is 0.0449. The lowest BCUT2D eigenvalue weighted by atomic mass is 10.1. The highest BCUT2D eigenvalue weighted by Crippen LogP contribution is 2.31. The second-order valence-electron chi connectivity index (χ2n) is 4.96. The first-order valence-electron chi connectivity index (χ1n) is 6.56. The molecule has 1 fully saturated rings. The molecular weight excluding hydrogens is 308 g/mol. The fraction of sp³-hybridized carbons (Fsp3) is 0.500. The third kappa shape index (κ3) is 3.48. The van der Waals surface area contributed by atoms with Gasteiger partial charge in [0, 0.05) is 21.8 Å². The van der Waals surface area contributed by atoms with Crippen molar-refractivity contribution in [3.63, 3.8) is 0 Å². The zero-order valence-corrected chi connectivity index (χ0v) is 12.4. The van der Waals surface area contributed by atoms with Gasteiger partial charge in [0.1, 0.15) is 0 Å². The highest BCUT2D eigenvalue weighted by Gasteiger charge is 2.25. The van der Waals surface area contributed by atoms with Gasteiger partial charge in [0.25, 0.3) is 0 Å². The second kappa shape index (κ2) is 6.39. The molecule has 1 amide bonds. The number of rotatable bonds is 5. The molecule has 0 saturated heterocycles. The first-order valence-corrected chi connectivity index (χ1v) is 7.35. The summed E-state index contributed by atoms with van der Waals surface area (Å²) in [5.74, 6) is -0.335. The first kappa shape index (κ1) is 14.3. The number of hydrogen-bond acceptors (Lipinski definition) is 3. The topological polar surface area (TPSA) is 66.6 Å². The van der Waals surface area contributed by atoms with Crippen LogP contribution in [0.4, 0.5) is 5.69 Å². The number of primary amides is 1. The quantitative estimate of drug-likeness (QED) is 0.871. The Balaban J connectivity index is 2.33. The maximum atomic E-state index is 11.3. The lowest BCUT2D eigenvalue weighted by Gasteiger charge is -2.31. The molecule has 0 bridgehead atoms. The SMILES string of the molecule is NC(=O)CN(c1ccc(Br)cc1CO)C1CCCC1. The summed E-state index contributed by atoms with van der Waals surface area (Å²) in [4.78, 5) is 13.4. The van der Waals surface area contributed by atoms with Crippen molar-refractivity contribution in [2.24, 2.45) is 5.73 Å².